The molecule has 0 atom stereocenters. The van der Waals surface area contributed by atoms with E-state index in [4.69, 9.17) is 4.74 Å². The summed E-state index contributed by atoms with van der Waals surface area (Å²) in [6, 6.07) is 10.9. The minimum Gasteiger partial charge on any atom is -0.495 e. The Morgan fingerprint density at radius 3 is 2.79 bits per heavy atom. The molecule has 0 aliphatic heterocycles. The number of rotatable bonds is 6. The number of hydrogen-bond acceptors (Lipinski definition) is 3. The van der Waals surface area contributed by atoms with Crippen LogP contribution in [0.25, 0.3) is 10.9 Å². The minimum absolute atomic E-state index is 0.0949. The van der Waals surface area contributed by atoms with Crippen LogP contribution in [0.1, 0.15) is 5.56 Å². The van der Waals surface area contributed by atoms with Crippen LogP contribution in [0.4, 0.5) is 4.39 Å². The zero-order valence-electron chi connectivity index (χ0n) is 13.0. The molecule has 0 aliphatic carbocycles. The molecule has 2 N–H and O–H groups in total. The van der Waals surface area contributed by atoms with Gasteiger partial charge in [0.1, 0.15) is 16.5 Å². The molecular weight excluding hydrogens is 331 g/mol. The van der Waals surface area contributed by atoms with E-state index in [9.17, 15) is 12.8 Å². The summed E-state index contributed by atoms with van der Waals surface area (Å²) in [5.41, 5.74) is 1.67. The number of aromatic amines is 1. The normalized spacial score (nSPS) is 11.8. The molecule has 3 aromatic rings. The number of aromatic nitrogens is 1. The number of fused-ring (bicyclic) bond motifs is 1. The molecule has 0 unspecified atom stereocenters. The van der Waals surface area contributed by atoms with Gasteiger partial charge in [0, 0.05) is 23.6 Å². The monoisotopic (exact) mass is 348 g/mol. The predicted molar refractivity (Wildman–Crippen MR) is 90.1 cm³/mol. The first-order valence-electron chi connectivity index (χ1n) is 7.39. The second kappa shape index (κ2) is 6.62. The van der Waals surface area contributed by atoms with Gasteiger partial charge >= 0.3 is 0 Å². The smallest absolute Gasteiger partial charge is 0.244 e. The standard InChI is InChI=1S/C17H17FN2O3S/c1-23-16-4-2-3-5-17(16)24(21,22)20-9-8-12-11-19-15-7-6-13(18)10-14(12)15/h2-7,10-11,19-20H,8-9H2,1H3. The zero-order valence-corrected chi connectivity index (χ0v) is 13.9. The third-order valence-corrected chi connectivity index (χ3v) is 5.27. The summed E-state index contributed by atoms with van der Waals surface area (Å²) >= 11 is 0. The van der Waals surface area contributed by atoms with E-state index in [2.05, 4.69) is 9.71 Å². The van der Waals surface area contributed by atoms with Crippen LogP contribution in [0, 0.1) is 5.82 Å². The van der Waals surface area contributed by atoms with Gasteiger partial charge in [0.05, 0.1) is 7.11 Å². The molecule has 0 saturated carbocycles. The van der Waals surface area contributed by atoms with Crippen LogP contribution in [-0.4, -0.2) is 27.1 Å². The van der Waals surface area contributed by atoms with Crippen LogP contribution in [0.3, 0.4) is 0 Å². The van der Waals surface area contributed by atoms with Crippen molar-refractivity contribution in [1.82, 2.24) is 9.71 Å². The van der Waals surface area contributed by atoms with Crippen molar-refractivity contribution in [3.8, 4) is 5.75 Å². The van der Waals surface area contributed by atoms with E-state index in [0.717, 1.165) is 16.5 Å². The average Bonchev–Trinajstić information content (AvgIpc) is 2.97. The summed E-state index contributed by atoms with van der Waals surface area (Å²) in [4.78, 5) is 3.14. The second-order valence-electron chi connectivity index (χ2n) is 5.30. The number of nitrogens with one attached hydrogen (secondary N) is 2. The molecule has 126 valence electrons. The summed E-state index contributed by atoms with van der Waals surface area (Å²) in [7, 11) is -2.25. The molecule has 0 bridgehead atoms. The van der Waals surface area contributed by atoms with Crippen molar-refractivity contribution >= 4 is 20.9 Å². The average molecular weight is 348 g/mol. The Bertz CT molecular complexity index is 967. The largest absolute Gasteiger partial charge is 0.495 e. The number of benzene rings is 2. The van der Waals surface area contributed by atoms with E-state index in [1.165, 1.54) is 25.3 Å². The predicted octanol–water partition coefficient (Wildman–Crippen LogP) is 2.84. The highest BCUT2D eigenvalue weighted by Gasteiger charge is 2.18. The van der Waals surface area contributed by atoms with Crippen molar-refractivity contribution in [3.05, 3.63) is 60.0 Å². The van der Waals surface area contributed by atoms with Gasteiger partial charge in [0.25, 0.3) is 0 Å². The van der Waals surface area contributed by atoms with Crippen molar-refractivity contribution in [1.29, 1.82) is 0 Å². The van der Waals surface area contributed by atoms with Crippen molar-refractivity contribution in [2.45, 2.75) is 11.3 Å². The summed E-state index contributed by atoms with van der Waals surface area (Å²) in [6.45, 7) is 0.198. The maximum Gasteiger partial charge on any atom is 0.244 e. The maximum atomic E-state index is 13.4. The van der Waals surface area contributed by atoms with Gasteiger partial charge in [0.15, 0.2) is 0 Å². The van der Waals surface area contributed by atoms with Crippen LogP contribution in [0.2, 0.25) is 0 Å². The quantitative estimate of drug-likeness (QED) is 0.720. The highest BCUT2D eigenvalue weighted by Crippen LogP contribution is 2.23. The zero-order chi connectivity index (χ0) is 17.2. The lowest BCUT2D eigenvalue weighted by molar-refractivity contribution is 0.402. The molecule has 7 heteroatoms. The fourth-order valence-corrected chi connectivity index (χ4v) is 3.80. The van der Waals surface area contributed by atoms with E-state index >= 15 is 0 Å². The van der Waals surface area contributed by atoms with Gasteiger partial charge in [-0.15, -0.1) is 0 Å². The summed E-state index contributed by atoms with van der Waals surface area (Å²) in [6.07, 6.45) is 2.21. The highest BCUT2D eigenvalue weighted by atomic mass is 32.2. The van der Waals surface area contributed by atoms with Crippen LogP contribution < -0.4 is 9.46 Å². The molecule has 1 heterocycles. The summed E-state index contributed by atoms with van der Waals surface area (Å²) in [5.74, 6) is -0.0304. The van der Waals surface area contributed by atoms with Crippen LogP contribution in [0.5, 0.6) is 5.75 Å². The number of para-hydroxylation sites is 1. The fraction of sp³-hybridized carbons (Fsp3) is 0.176. The first kappa shape index (κ1) is 16.5. The summed E-state index contributed by atoms with van der Waals surface area (Å²) in [5, 5.41) is 0.756. The highest BCUT2D eigenvalue weighted by molar-refractivity contribution is 7.89. The minimum atomic E-state index is -3.68. The van der Waals surface area contributed by atoms with E-state index in [0.29, 0.717) is 12.2 Å². The van der Waals surface area contributed by atoms with Crippen molar-refractivity contribution in [2.75, 3.05) is 13.7 Å². The number of halogens is 1. The molecule has 2 aromatic carbocycles. The van der Waals surface area contributed by atoms with Gasteiger partial charge in [-0.2, -0.15) is 0 Å². The number of ether oxygens (including phenoxy) is 1. The first-order chi connectivity index (χ1) is 11.5. The van der Waals surface area contributed by atoms with Crippen LogP contribution >= 0.6 is 0 Å². The third kappa shape index (κ3) is 3.27. The number of hydrogen-bond donors (Lipinski definition) is 2. The molecule has 0 saturated heterocycles. The number of sulfonamides is 1. The summed E-state index contributed by atoms with van der Waals surface area (Å²) < 4.78 is 45.8. The SMILES string of the molecule is COc1ccccc1S(=O)(=O)NCCc1c[nH]c2ccc(F)cc12. The van der Waals surface area contributed by atoms with Gasteiger partial charge in [-0.3, -0.25) is 0 Å². The number of H-pyrrole nitrogens is 1. The fourth-order valence-electron chi connectivity index (χ4n) is 2.60. The van der Waals surface area contributed by atoms with E-state index in [1.54, 1.807) is 30.5 Å². The second-order valence-corrected chi connectivity index (χ2v) is 7.04. The van der Waals surface area contributed by atoms with Crippen LogP contribution in [-0.2, 0) is 16.4 Å². The molecule has 0 aliphatic rings. The molecule has 24 heavy (non-hydrogen) atoms. The van der Waals surface area contributed by atoms with E-state index < -0.39 is 10.0 Å². The Kier molecular flexibility index (Phi) is 4.55. The van der Waals surface area contributed by atoms with Gasteiger partial charge < -0.3 is 9.72 Å². The van der Waals surface area contributed by atoms with Gasteiger partial charge in [-0.05, 0) is 42.3 Å². The Morgan fingerprint density at radius 1 is 1.21 bits per heavy atom. The third-order valence-electron chi connectivity index (χ3n) is 3.77. The topological polar surface area (TPSA) is 71.2 Å². The molecule has 0 fully saturated rings. The van der Waals surface area contributed by atoms with Gasteiger partial charge in [-0.1, -0.05) is 12.1 Å². The molecule has 3 rings (SSSR count). The molecular formula is C17H17FN2O3S. The Balaban J connectivity index is 1.74. The lowest BCUT2D eigenvalue weighted by Crippen LogP contribution is -2.26. The molecule has 5 nitrogen and oxygen atoms in total. The Hall–Kier alpha value is -2.38. The molecule has 0 spiro atoms. The Morgan fingerprint density at radius 2 is 2.00 bits per heavy atom. The van der Waals surface area contributed by atoms with E-state index in [-0.39, 0.29) is 17.3 Å². The van der Waals surface area contributed by atoms with Crippen molar-refractivity contribution < 1.29 is 17.5 Å². The van der Waals surface area contributed by atoms with Crippen LogP contribution in [0.15, 0.2) is 53.6 Å². The first-order valence-corrected chi connectivity index (χ1v) is 8.88. The van der Waals surface area contributed by atoms with Gasteiger partial charge in [0.2, 0.25) is 10.0 Å². The lowest BCUT2D eigenvalue weighted by Gasteiger charge is -2.10. The number of methoxy groups -OCH3 is 1. The van der Waals surface area contributed by atoms with Crippen molar-refractivity contribution in [3.63, 3.8) is 0 Å². The molecule has 0 amide bonds. The van der Waals surface area contributed by atoms with Gasteiger partial charge in [-0.25, -0.2) is 17.5 Å². The lowest BCUT2D eigenvalue weighted by atomic mass is 10.1. The molecule has 1 aromatic heterocycles. The Labute approximate surface area is 139 Å². The molecule has 0 radical (unpaired) electrons. The van der Waals surface area contributed by atoms with E-state index in [1.807, 2.05) is 0 Å². The van der Waals surface area contributed by atoms with Crippen molar-refractivity contribution in [2.24, 2.45) is 0 Å². The maximum absolute atomic E-state index is 13.4.